The van der Waals surface area contributed by atoms with Crippen molar-refractivity contribution in [1.29, 1.82) is 0 Å². The Kier molecular flexibility index (Phi) is 4.75. The van der Waals surface area contributed by atoms with E-state index in [1.54, 1.807) is 30.3 Å². The average Bonchev–Trinajstić information content (AvgIpc) is 3.47. The molecule has 0 bridgehead atoms. The Balaban J connectivity index is 1.24. The molecule has 0 spiro atoms. The van der Waals surface area contributed by atoms with Crippen LogP contribution < -0.4 is 16.2 Å². The highest BCUT2D eigenvalue weighted by Gasteiger charge is 2.34. The van der Waals surface area contributed by atoms with Crippen LogP contribution in [0.25, 0.3) is 0 Å². The Hall–Kier alpha value is -2.96. The van der Waals surface area contributed by atoms with Gasteiger partial charge in [-0.2, -0.15) is 0 Å². The Morgan fingerprint density at radius 1 is 1.11 bits per heavy atom. The lowest BCUT2D eigenvalue weighted by atomic mass is 9.78. The molecule has 0 saturated heterocycles. The molecule has 2 amide bonds. The minimum Gasteiger partial charge on any atom is -0.352 e. The van der Waals surface area contributed by atoms with Crippen LogP contribution in [-0.2, 0) is 4.79 Å². The van der Waals surface area contributed by atoms with Crippen LogP contribution in [0.4, 0.5) is 0 Å². The maximum Gasteiger partial charge on any atom is 0.251 e. The summed E-state index contributed by atoms with van der Waals surface area (Å²) in [5.41, 5.74) is 1.25. The van der Waals surface area contributed by atoms with Gasteiger partial charge in [-0.25, -0.2) is 4.98 Å². The summed E-state index contributed by atoms with van der Waals surface area (Å²) in [6.45, 7) is -0.0516. The molecule has 2 saturated carbocycles. The zero-order valence-electron chi connectivity index (χ0n) is 14.9. The summed E-state index contributed by atoms with van der Waals surface area (Å²) >= 11 is 0. The lowest BCUT2D eigenvalue weighted by Crippen LogP contribution is -2.47. The first kappa shape index (κ1) is 17.5. The maximum atomic E-state index is 12.0. The van der Waals surface area contributed by atoms with Crippen LogP contribution in [0, 0.1) is 0 Å². The zero-order chi connectivity index (χ0) is 18.8. The van der Waals surface area contributed by atoms with E-state index in [0.29, 0.717) is 11.5 Å². The van der Waals surface area contributed by atoms with E-state index < -0.39 is 0 Å². The SMILES string of the molecule is O=C(CNC(=O)c1ccccc1)NC1CC(c2cc(=O)[nH]c(C3CC3)n2)C1. The zero-order valence-corrected chi connectivity index (χ0v) is 14.9. The predicted molar refractivity (Wildman–Crippen MR) is 99.5 cm³/mol. The molecule has 0 aliphatic heterocycles. The molecule has 1 heterocycles. The fourth-order valence-electron chi connectivity index (χ4n) is 3.36. The Labute approximate surface area is 156 Å². The monoisotopic (exact) mass is 366 g/mol. The maximum absolute atomic E-state index is 12.0. The van der Waals surface area contributed by atoms with E-state index in [2.05, 4.69) is 20.6 Å². The van der Waals surface area contributed by atoms with Crippen molar-refractivity contribution in [2.75, 3.05) is 6.54 Å². The number of carbonyl (C=O) groups excluding carboxylic acids is 2. The third-order valence-electron chi connectivity index (χ3n) is 5.11. The second kappa shape index (κ2) is 7.34. The topological polar surface area (TPSA) is 104 Å². The van der Waals surface area contributed by atoms with Crippen LogP contribution in [0.1, 0.15) is 59.4 Å². The minimum absolute atomic E-state index is 0.0516. The fraction of sp³-hybridized carbons (Fsp3) is 0.400. The van der Waals surface area contributed by atoms with E-state index in [1.807, 2.05) is 6.07 Å². The molecule has 3 N–H and O–H groups in total. The molecule has 2 aromatic rings. The number of amides is 2. The molecule has 2 fully saturated rings. The Bertz CT molecular complexity index is 899. The van der Waals surface area contributed by atoms with Crippen molar-refractivity contribution in [2.24, 2.45) is 0 Å². The van der Waals surface area contributed by atoms with Crippen LogP contribution in [0.5, 0.6) is 0 Å². The summed E-state index contributed by atoms with van der Waals surface area (Å²) in [5, 5.41) is 5.54. The summed E-state index contributed by atoms with van der Waals surface area (Å²) in [6, 6.07) is 10.4. The van der Waals surface area contributed by atoms with Crippen molar-refractivity contribution in [3.8, 4) is 0 Å². The van der Waals surface area contributed by atoms with E-state index in [0.717, 1.165) is 37.2 Å². The standard InChI is InChI=1S/C20H22N4O3/c25-17-10-16(23-19(24-17)12-6-7-12)14-8-15(9-14)22-18(26)11-21-20(27)13-4-2-1-3-5-13/h1-5,10,12,14-15H,6-9,11H2,(H,21,27)(H,22,26)(H,23,24,25). The average molecular weight is 366 g/mol. The highest BCUT2D eigenvalue weighted by molar-refractivity contribution is 5.96. The number of carbonyl (C=O) groups is 2. The van der Waals surface area contributed by atoms with Gasteiger partial charge in [0.1, 0.15) is 5.82 Å². The highest BCUT2D eigenvalue weighted by Crippen LogP contribution is 2.39. The molecule has 0 atom stereocenters. The summed E-state index contributed by atoms with van der Waals surface area (Å²) in [5.74, 6) is 0.932. The van der Waals surface area contributed by atoms with Gasteiger partial charge in [-0.05, 0) is 37.8 Å². The van der Waals surface area contributed by atoms with E-state index in [-0.39, 0.29) is 35.9 Å². The molecular formula is C20H22N4O3. The number of nitrogens with zero attached hydrogens (tertiary/aromatic N) is 1. The molecule has 1 aromatic heterocycles. The number of H-pyrrole nitrogens is 1. The first-order chi connectivity index (χ1) is 13.1. The molecular weight excluding hydrogens is 344 g/mol. The summed E-state index contributed by atoms with van der Waals surface area (Å²) < 4.78 is 0. The van der Waals surface area contributed by atoms with E-state index in [9.17, 15) is 14.4 Å². The molecule has 140 valence electrons. The van der Waals surface area contributed by atoms with Crippen LogP contribution >= 0.6 is 0 Å². The van der Waals surface area contributed by atoms with Gasteiger partial charge in [-0.3, -0.25) is 14.4 Å². The van der Waals surface area contributed by atoms with Crippen molar-refractivity contribution in [3.63, 3.8) is 0 Å². The minimum atomic E-state index is -0.266. The van der Waals surface area contributed by atoms with Crippen molar-refractivity contribution in [3.05, 3.63) is 63.8 Å². The number of hydrogen-bond acceptors (Lipinski definition) is 4. The Morgan fingerprint density at radius 2 is 1.85 bits per heavy atom. The number of aromatic amines is 1. The van der Waals surface area contributed by atoms with Gasteiger partial charge in [0.15, 0.2) is 0 Å². The van der Waals surface area contributed by atoms with Crippen molar-refractivity contribution < 1.29 is 9.59 Å². The second-order valence-electron chi connectivity index (χ2n) is 7.31. The van der Waals surface area contributed by atoms with E-state index in [4.69, 9.17) is 0 Å². The molecule has 2 aliphatic rings. The fourth-order valence-corrected chi connectivity index (χ4v) is 3.36. The molecule has 7 nitrogen and oxygen atoms in total. The second-order valence-corrected chi connectivity index (χ2v) is 7.31. The van der Waals surface area contributed by atoms with Crippen molar-refractivity contribution in [1.82, 2.24) is 20.6 Å². The molecule has 7 heteroatoms. The largest absolute Gasteiger partial charge is 0.352 e. The molecule has 0 radical (unpaired) electrons. The summed E-state index contributed by atoms with van der Waals surface area (Å²) in [4.78, 5) is 43.2. The number of aromatic nitrogens is 2. The lowest BCUT2D eigenvalue weighted by molar-refractivity contribution is -0.121. The highest BCUT2D eigenvalue weighted by atomic mass is 16.2. The van der Waals surface area contributed by atoms with Gasteiger partial charge in [-0.15, -0.1) is 0 Å². The molecule has 0 unspecified atom stereocenters. The number of hydrogen-bond donors (Lipinski definition) is 3. The molecule has 1 aromatic carbocycles. The van der Waals surface area contributed by atoms with Gasteiger partial charge >= 0.3 is 0 Å². The first-order valence-electron chi connectivity index (χ1n) is 9.32. The molecule has 27 heavy (non-hydrogen) atoms. The smallest absolute Gasteiger partial charge is 0.251 e. The van der Waals surface area contributed by atoms with Crippen LogP contribution in [0.2, 0.25) is 0 Å². The van der Waals surface area contributed by atoms with E-state index in [1.165, 1.54) is 0 Å². The summed E-state index contributed by atoms with van der Waals surface area (Å²) in [6.07, 6.45) is 3.70. The molecule has 2 aliphatic carbocycles. The van der Waals surface area contributed by atoms with E-state index >= 15 is 0 Å². The Morgan fingerprint density at radius 3 is 2.56 bits per heavy atom. The van der Waals surface area contributed by atoms with Gasteiger partial charge in [0.2, 0.25) is 5.91 Å². The van der Waals surface area contributed by atoms with Crippen LogP contribution in [0.3, 0.4) is 0 Å². The van der Waals surface area contributed by atoms with Crippen LogP contribution in [-0.4, -0.2) is 34.4 Å². The summed E-state index contributed by atoms with van der Waals surface area (Å²) in [7, 11) is 0. The van der Waals surface area contributed by atoms with Crippen molar-refractivity contribution >= 4 is 11.8 Å². The number of rotatable bonds is 6. The number of nitrogens with one attached hydrogen (secondary N) is 3. The van der Waals surface area contributed by atoms with Gasteiger partial charge in [0, 0.05) is 29.5 Å². The lowest BCUT2D eigenvalue weighted by Gasteiger charge is -2.35. The van der Waals surface area contributed by atoms with Crippen molar-refractivity contribution in [2.45, 2.75) is 43.6 Å². The predicted octanol–water partition coefficient (Wildman–Crippen LogP) is 1.44. The number of benzene rings is 1. The third kappa shape index (κ3) is 4.24. The molecule has 4 rings (SSSR count). The third-order valence-corrected chi connectivity index (χ3v) is 5.11. The van der Waals surface area contributed by atoms with Gasteiger partial charge in [0.25, 0.3) is 11.5 Å². The quantitative estimate of drug-likeness (QED) is 0.719. The van der Waals surface area contributed by atoms with Gasteiger partial charge < -0.3 is 15.6 Å². The first-order valence-corrected chi connectivity index (χ1v) is 9.32. The van der Waals surface area contributed by atoms with Gasteiger partial charge in [0.05, 0.1) is 12.2 Å². The van der Waals surface area contributed by atoms with Crippen LogP contribution in [0.15, 0.2) is 41.2 Å². The van der Waals surface area contributed by atoms with Gasteiger partial charge in [-0.1, -0.05) is 18.2 Å². The normalized spacial score (nSPS) is 21.2.